The van der Waals surface area contributed by atoms with E-state index in [9.17, 15) is 9.59 Å². The molecule has 110 valence electrons. The minimum Gasteiger partial charge on any atom is -0.428 e. The molecule has 0 bridgehead atoms. The van der Waals surface area contributed by atoms with Crippen molar-refractivity contribution in [2.75, 3.05) is 0 Å². The number of rotatable bonds is 2. The highest BCUT2D eigenvalue weighted by Gasteiger charge is 2.65. The summed E-state index contributed by atoms with van der Waals surface area (Å²) >= 11 is 0. The number of allylic oxidation sites excluding steroid dienone is 3. The fourth-order valence-corrected chi connectivity index (χ4v) is 3.35. The van der Waals surface area contributed by atoms with Crippen LogP contribution in [-0.4, -0.2) is 17.9 Å². The zero-order chi connectivity index (χ0) is 15.5. The van der Waals surface area contributed by atoms with Gasteiger partial charge in [-0.2, -0.15) is 0 Å². The van der Waals surface area contributed by atoms with Gasteiger partial charge in [0.25, 0.3) is 0 Å². The van der Waals surface area contributed by atoms with Gasteiger partial charge in [0, 0.05) is 12.5 Å². The average molecular weight is 294 g/mol. The molecule has 1 aromatic rings. The second-order valence-corrected chi connectivity index (χ2v) is 5.68. The summed E-state index contributed by atoms with van der Waals surface area (Å²) in [4.78, 5) is 23.2. The fourth-order valence-electron chi connectivity index (χ4n) is 3.35. The standard InChI is InChI=1S/C18H14O4/c1-10(19)14-9-12-7-8-16(21-11(2)20)17-18(12,22-17)15-6-4-3-5-13(14)15/h3-9,17H,1-2H3/t17-,18-/m0/s1. The van der Waals surface area contributed by atoms with Gasteiger partial charge < -0.3 is 9.47 Å². The van der Waals surface area contributed by atoms with Crippen LogP contribution in [-0.2, 0) is 24.7 Å². The number of Topliss-reactive ketones (excluding diaryl/α,β-unsaturated/α-hetero) is 1. The summed E-state index contributed by atoms with van der Waals surface area (Å²) in [6.07, 6.45) is 5.18. The van der Waals surface area contributed by atoms with Crippen molar-refractivity contribution in [1.29, 1.82) is 0 Å². The smallest absolute Gasteiger partial charge is 0.307 e. The van der Waals surface area contributed by atoms with E-state index in [1.807, 2.05) is 36.4 Å². The van der Waals surface area contributed by atoms with Crippen molar-refractivity contribution in [2.45, 2.75) is 25.6 Å². The van der Waals surface area contributed by atoms with E-state index in [1.165, 1.54) is 6.92 Å². The number of ketones is 1. The number of epoxide rings is 1. The summed E-state index contributed by atoms with van der Waals surface area (Å²) in [7, 11) is 0. The van der Waals surface area contributed by atoms with E-state index < -0.39 is 5.60 Å². The Kier molecular flexibility index (Phi) is 2.57. The van der Waals surface area contributed by atoms with Gasteiger partial charge in [-0.25, -0.2) is 0 Å². The maximum atomic E-state index is 11.9. The van der Waals surface area contributed by atoms with Gasteiger partial charge in [-0.05, 0) is 35.8 Å². The topological polar surface area (TPSA) is 55.9 Å². The summed E-state index contributed by atoms with van der Waals surface area (Å²) in [5.74, 6) is 0.179. The van der Waals surface area contributed by atoms with Gasteiger partial charge in [0.15, 0.2) is 17.5 Å². The van der Waals surface area contributed by atoms with E-state index in [1.54, 1.807) is 13.0 Å². The van der Waals surface area contributed by atoms with Crippen LogP contribution in [0.2, 0.25) is 0 Å². The first-order valence-corrected chi connectivity index (χ1v) is 7.15. The van der Waals surface area contributed by atoms with Crippen LogP contribution in [0, 0.1) is 0 Å². The van der Waals surface area contributed by atoms with Gasteiger partial charge in [0.1, 0.15) is 5.76 Å². The van der Waals surface area contributed by atoms with E-state index in [4.69, 9.17) is 9.47 Å². The lowest BCUT2D eigenvalue weighted by atomic mass is 9.75. The maximum absolute atomic E-state index is 11.9. The van der Waals surface area contributed by atoms with Gasteiger partial charge >= 0.3 is 5.97 Å². The van der Waals surface area contributed by atoms with Crippen LogP contribution in [0.5, 0.6) is 0 Å². The van der Waals surface area contributed by atoms with E-state index in [-0.39, 0.29) is 17.9 Å². The zero-order valence-corrected chi connectivity index (χ0v) is 12.3. The Labute approximate surface area is 127 Å². The number of esters is 1. The monoisotopic (exact) mass is 294 g/mol. The third-order valence-electron chi connectivity index (χ3n) is 4.29. The van der Waals surface area contributed by atoms with E-state index in [0.717, 1.165) is 16.7 Å². The highest BCUT2D eigenvalue weighted by Crippen LogP contribution is 2.60. The quantitative estimate of drug-likeness (QED) is 0.621. The lowest BCUT2D eigenvalue weighted by Gasteiger charge is -2.27. The number of hydrogen-bond donors (Lipinski definition) is 0. The number of carbonyl (C=O) groups is 2. The summed E-state index contributed by atoms with van der Waals surface area (Å²) in [6, 6.07) is 7.73. The van der Waals surface area contributed by atoms with Crippen LogP contribution >= 0.6 is 0 Å². The van der Waals surface area contributed by atoms with Crippen molar-refractivity contribution < 1.29 is 19.1 Å². The molecule has 2 aliphatic carbocycles. The van der Waals surface area contributed by atoms with Crippen molar-refractivity contribution in [2.24, 2.45) is 0 Å². The molecule has 3 aliphatic rings. The van der Waals surface area contributed by atoms with Crippen molar-refractivity contribution >= 4 is 17.3 Å². The SMILES string of the molecule is CC(=O)OC1=CC=C2C=C(C(C)=O)c3ccccc3[C@@]23O[C@@H]13. The average Bonchev–Trinajstić information content (AvgIpc) is 3.22. The Bertz CT molecular complexity index is 812. The molecule has 1 aromatic carbocycles. The molecule has 2 atom stereocenters. The predicted molar refractivity (Wildman–Crippen MR) is 79.6 cm³/mol. The lowest BCUT2D eigenvalue weighted by Crippen LogP contribution is -2.25. The number of benzene rings is 1. The first kappa shape index (κ1) is 13.2. The van der Waals surface area contributed by atoms with Crippen LogP contribution in [0.3, 0.4) is 0 Å². The molecule has 4 heteroatoms. The van der Waals surface area contributed by atoms with Gasteiger partial charge in [0.2, 0.25) is 0 Å². The van der Waals surface area contributed by atoms with E-state index in [0.29, 0.717) is 11.3 Å². The second-order valence-electron chi connectivity index (χ2n) is 5.68. The molecule has 1 fully saturated rings. The first-order valence-electron chi connectivity index (χ1n) is 7.15. The summed E-state index contributed by atoms with van der Waals surface area (Å²) in [5.41, 5.74) is 2.84. The molecular weight excluding hydrogens is 280 g/mol. The van der Waals surface area contributed by atoms with Gasteiger partial charge in [-0.3, -0.25) is 9.59 Å². The molecular formula is C18H14O4. The van der Waals surface area contributed by atoms with E-state index >= 15 is 0 Å². The molecule has 0 saturated carbocycles. The minimum absolute atomic E-state index is 0.0233. The Morgan fingerprint density at radius 3 is 2.68 bits per heavy atom. The van der Waals surface area contributed by atoms with Crippen molar-refractivity contribution in [3.63, 3.8) is 0 Å². The predicted octanol–water partition coefficient (Wildman–Crippen LogP) is 2.65. The van der Waals surface area contributed by atoms with Crippen LogP contribution in [0.1, 0.15) is 25.0 Å². The van der Waals surface area contributed by atoms with Crippen molar-refractivity contribution in [1.82, 2.24) is 0 Å². The molecule has 0 amide bonds. The third-order valence-corrected chi connectivity index (χ3v) is 4.29. The summed E-state index contributed by atoms with van der Waals surface area (Å²) < 4.78 is 11.2. The second kappa shape index (κ2) is 4.27. The van der Waals surface area contributed by atoms with Crippen LogP contribution in [0.4, 0.5) is 0 Å². The zero-order valence-electron chi connectivity index (χ0n) is 12.3. The molecule has 22 heavy (non-hydrogen) atoms. The first-order chi connectivity index (χ1) is 10.5. The maximum Gasteiger partial charge on any atom is 0.307 e. The number of ether oxygens (including phenoxy) is 2. The highest BCUT2D eigenvalue weighted by atomic mass is 16.6. The molecule has 0 radical (unpaired) electrons. The lowest BCUT2D eigenvalue weighted by molar-refractivity contribution is -0.137. The molecule has 1 aliphatic heterocycles. The van der Waals surface area contributed by atoms with Crippen LogP contribution in [0.25, 0.3) is 5.57 Å². The largest absolute Gasteiger partial charge is 0.428 e. The molecule has 0 aromatic heterocycles. The summed E-state index contributed by atoms with van der Waals surface area (Å²) in [5, 5.41) is 0. The Balaban J connectivity index is 1.89. The number of fused-ring (bicyclic) bond motifs is 1. The van der Waals surface area contributed by atoms with Crippen LogP contribution < -0.4 is 0 Å². The van der Waals surface area contributed by atoms with Gasteiger partial charge in [0.05, 0.1) is 0 Å². The third kappa shape index (κ3) is 1.61. The van der Waals surface area contributed by atoms with E-state index in [2.05, 4.69) is 0 Å². The Hall–Kier alpha value is -2.46. The molecule has 1 spiro atoms. The molecule has 1 heterocycles. The normalized spacial score (nSPS) is 27.4. The fraction of sp³-hybridized carbons (Fsp3) is 0.222. The molecule has 0 N–H and O–H groups in total. The Morgan fingerprint density at radius 2 is 1.95 bits per heavy atom. The molecule has 4 rings (SSSR count). The van der Waals surface area contributed by atoms with Gasteiger partial charge in [-0.1, -0.05) is 30.3 Å². The van der Waals surface area contributed by atoms with Gasteiger partial charge in [-0.15, -0.1) is 0 Å². The Morgan fingerprint density at radius 1 is 1.18 bits per heavy atom. The number of hydrogen-bond acceptors (Lipinski definition) is 4. The van der Waals surface area contributed by atoms with Crippen molar-refractivity contribution in [3.8, 4) is 0 Å². The van der Waals surface area contributed by atoms with Crippen molar-refractivity contribution in [3.05, 3.63) is 65.0 Å². The number of carbonyl (C=O) groups excluding carboxylic acids is 2. The molecule has 4 nitrogen and oxygen atoms in total. The van der Waals surface area contributed by atoms with Crippen LogP contribution in [0.15, 0.2) is 53.8 Å². The minimum atomic E-state index is -0.616. The highest BCUT2D eigenvalue weighted by molar-refractivity contribution is 6.21. The summed E-state index contributed by atoms with van der Waals surface area (Å²) in [6.45, 7) is 2.94. The molecule has 0 unspecified atom stereocenters. The molecule has 1 saturated heterocycles.